The molecule has 0 fully saturated rings. The minimum atomic E-state index is -4.43. The molecule has 1 aromatic carbocycles. The third-order valence-corrected chi connectivity index (χ3v) is 3.35. The fourth-order valence-corrected chi connectivity index (χ4v) is 2.09. The molecular formula is C17H20Cl2F3N3O2. The summed E-state index contributed by atoms with van der Waals surface area (Å²) in [5.74, 6) is -0.320. The first kappa shape index (κ1) is 24.8. The molecule has 0 aliphatic carbocycles. The number of aryl methyl sites for hydroxylation is 1. The molecular weight excluding hydrogens is 406 g/mol. The van der Waals surface area contributed by atoms with E-state index in [-0.39, 0.29) is 49.6 Å². The van der Waals surface area contributed by atoms with Crippen LogP contribution >= 0.6 is 24.8 Å². The van der Waals surface area contributed by atoms with Crippen molar-refractivity contribution < 1.29 is 22.7 Å². The number of nitrogens with one attached hydrogen (secondary N) is 1. The molecule has 1 aromatic heterocycles. The predicted molar refractivity (Wildman–Crippen MR) is 101 cm³/mol. The van der Waals surface area contributed by atoms with Gasteiger partial charge in [-0.15, -0.1) is 24.8 Å². The lowest BCUT2D eigenvalue weighted by atomic mass is 10.1. The van der Waals surface area contributed by atoms with Crippen LogP contribution in [0.2, 0.25) is 0 Å². The molecule has 27 heavy (non-hydrogen) atoms. The number of aromatic nitrogens is 1. The minimum absolute atomic E-state index is 0. The van der Waals surface area contributed by atoms with E-state index in [2.05, 4.69) is 15.0 Å². The molecule has 0 bridgehead atoms. The molecule has 0 saturated heterocycles. The summed E-state index contributed by atoms with van der Waals surface area (Å²) in [4.78, 5) is 15.6. The first-order valence-corrected chi connectivity index (χ1v) is 7.58. The Morgan fingerprint density at radius 1 is 1.19 bits per heavy atom. The molecule has 1 heterocycles. The number of nitrogen functional groups attached to an aromatic ring is 1. The number of hydrogen-bond acceptors (Lipinski definition) is 4. The van der Waals surface area contributed by atoms with Gasteiger partial charge in [0.1, 0.15) is 0 Å². The number of nitrogens with zero attached hydrogens (tertiary/aromatic N) is 1. The van der Waals surface area contributed by atoms with E-state index in [0.29, 0.717) is 17.7 Å². The van der Waals surface area contributed by atoms with Crippen molar-refractivity contribution in [2.75, 3.05) is 12.3 Å². The zero-order valence-corrected chi connectivity index (χ0v) is 15.8. The van der Waals surface area contributed by atoms with E-state index in [1.54, 1.807) is 12.1 Å². The molecule has 3 N–H and O–H groups in total. The molecule has 0 aliphatic rings. The first-order valence-electron chi connectivity index (χ1n) is 7.58. The smallest absolute Gasteiger partial charge is 0.422 e. The van der Waals surface area contributed by atoms with E-state index in [1.807, 2.05) is 18.2 Å². The van der Waals surface area contributed by atoms with E-state index >= 15 is 0 Å². The third-order valence-electron chi connectivity index (χ3n) is 3.35. The van der Waals surface area contributed by atoms with Gasteiger partial charge < -0.3 is 15.8 Å². The lowest BCUT2D eigenvalue weighted by Crippen LogP contribution is -2.23. The third kappa shape index (κ3) is 9.35. The Bertz CT molecular complexity index is 731. The second kappa shape index (κ2) is 11.5. The predicted octanol–water partition coefficient (Wildman–Crippen LogP) is 3.70. The summed E-state index contributed by atoms with van der Waals surface area (Å²) in [7, 11) is 0. The standard InChI is InChI=1S/C17H18F3N3O2.2ClH/c18-17(19,20)11-25-16-9-12(7-8-22-16)10-23-15(24)6-5-13-3-1-2-4-14(13)21;;/h1-4,7-9H,5-6,10-11,21H2,(H,23,24);2*1H. The molecule has 10 heteroatoms. The van der Waals surface area contributed by atoms with Crippen LogP contribution in [0.4, 0.5) is 18.9 Å². The molecule has 0 aliphatic heterocycles. The van der Waals surface area contributed by atoms with Crippen LogP contribution in [0.5, 0.6) is 5.88 Å². The highest BCUT2D eigenvalue weighted by molar-refractivity contribution is 5.85. The van der Waals surface area contributed by atoms with Gasteiger partial charge in [0.05, 0.1) is 0 Å². The SMILES string of the molecule is Cl.Cl.Nc1ccccc1CCC(=O)NCc1ccnc(OCC(F)(F)F)c1. The number of halogens is 5. The zero-order chi connectivity index (χ0) is 18.3. The summed E-state index contributed by atoms with van der Waals surface area (Å²) < 4.78 is 41.0. The molecule has 0 atom stereocenters. The summed E-state index contributed by atoms with van der Waals surface area (Å²) in [5, 5.41) is 2.70. The maximum absolute atomic E-state index is 12.1. The van der Waals surface area contributed by atoms with Crippen LogP contribution in [-0.2, 0) is 17.8 Å². The largest absolute Gasteiger partial charge is 0.468 e. The Labute approximate surface area is 167 Å². The van der Waals surface area contributed by atoms with Gasteiger partial charge in [-0.2, -0.15) is 13.2 Å². The van der Waals surface area contributed by atoms with Gasteiger partial charge in [0.15, 0.2) is 6.61 Å². The summed E-state index contributed by atoms with van der Waals surface area (Å²) >= 11 is 0. The fraction of sp³-hybridized carbons (Fsp3) is 0.294. The molecule has 0 unspecified atom stereocenters. The average Bonchev–Trinajstić information content (AvgIpc) is 2.57. The zero-order valence-electron chi connectivity index (χ0n) is 14.2. The van der Waals surface area contributed by atoms with Crippen LogP contribution in [0.1, 0.15) is 17.5 Å². The van der Waals surface area contributed by atoms with Gasteiger partial charge in [-0.3, -0.25) is 4.79 Å². The van der Waals surface area contributed by atoms with Crippen LogP contribution in [-0.4, -0.2) is 23.7 Å². The number of carbonyl (C=O) groups is 1. The van der Waals surface area contributed by atoms with Crippen LogP contribution < -0.4 is 15.8 Å². The highest BCUT2D eigenvalue weighted by Crippen LogP contribution is 2.17. The van der Waals surface area contributed by atoms with Crippen molar-refractivity contribution in [3.63, 3.8) is 0 Å². The first-order chi connectivity index (χ1) is 11.8. The highest BCUT2D eigenvalue weighted by Gasteiger charge is 2.28. The number of rotatable bonds is 7. The van der Waals surface area contributed by atoms with Gasteiger partial charge in [-0.05, 0) is 29.7 Å². The van der Waals surface area contributed by atoms with Crippen molar-refractivity contribution in [2.45, 2.75) is 25.6 Å². The maximum atomic E-state index is 12.1. The van der Waals surface area contributed by atoms with E-state index in [1.165, 1.54) is 12.3 Å². The lowest BCUT2D eigenvalue weighted by molar-refractivity contribution is -0.154. The van der Waals surface area contributed by atoms with Gasteiger partial charge >= 0.3 is 6.18 Å². The normalized spacial score (nSPS) is 10.3. The van der Waals surface area contributed by atoms with E-state index in [9.17, 15) is 18.0 Å². The molecule has 5 nitrogen and oxygen atoms in total. The number of anilines is 1. The van der Waals surface area contributed by atoms with Crippen molar-refractivity contribution in [3.8, 4) is 5.88 Å². The van der Waals surface area contributed by atoms with Crippen molar-refractivity contribution in [3.05, 3.63) is 53.7 Å². The Morgan fingerprint density at radius 3 is 2.56 bits per heavy atom. The second-order valence-electron chi connectivity index (χ2n) is 5.38. The molecule has 2 rings (SSSR count). The number of para-hydroxylation sites is 1. The average molecular weight is 426 g/mol. The monoisotopic (exact) mass is 425 g/mol. The van der Waals surface area contributed by atoms with Crippen LogP contribution in [0.15, 0.2) is 42.6 Å². The van der Waals surface area contributed by atoms with E-state index in [4.69, 9.17) is 5.73 Å². The van der Waals surface area contributed by atoms with Crippen molar-refractivity contribution in [1.82, 2.24) is 10.3 Å². The maximum Gasteiger partial charge on any atom is 0.422 e. The van der Waals surface area contributed by atoms with Gasteiger partial charge in [0.25, 0.3) is 0 Å². The Morgan fingerprint density at radius 2 is 1.89 bits per heavy atom. The quantitative estimate of drug-likeness (QED) is 0.663. The number of carbonyl (C=O) groups excluding carboxylic acids is 1. The van der Waals surface area contributed by atoms with Gasteiger partial charge in [-0.1, -0.05) is 18.2 Å². The Balaban J connectivity index is 0.00000338. The number of pyridine rings is 1. The van der Waals surface area contributed by atoms with Crippen molar-refractivity contribution in [1.29, 1.82) is 0 Å². The van der Waals surface area contributed by atoms with E-state index < -0.39 is 12.8 Å². The minimum Gasteiger partial charge on any atom is -0.468 e. The van der Waals surface area contributed by atoms with E-state index in [0.717, 1.165) is 5.56 Å². The van der Waals surface area contributed by atoms with Crippen molar-refractivity contribution >= 4 is 36.4 Å². The van der Waals surface area contributed by atoms with Crippen molar-refractivity contribution in [2.24, 2.45) is 0 Å². The molecule has 0 spiro atoms. The number of alkyl halides is 3. The Hall–Kier alpha value is -2.19. The molecule has 0 saturated carbocycles. The fourth-order valence-electron chi connectivity index (χ4n) is 2.09. The number of amides is 1. The van der Waals surface area contributed by atoms with Crippen LogP contribution in [0.25, 0.3) is 0 Å². The second-order valence-corrected chi connectivity index (χ2v) is 5.38. The molecule has 150 valence electrons. The summed E-state index contributed by atoms with van der Waals surface area (Å²) in [6, 6.07) is 10.3. The summed E-state index contributed by atoms with van der Waals surface area (Å²) in [6.45, 7) is -1.23. The highest BCUT2D eigenvalue weighted by atomic mass is 35.5. The molecule has 1 amide bonds. The number of ether oxygens (including phenoxy) is 1. The Kier molecular flexibility index (Phi) is 10.6. The number of nitrogens with two attached hydrogens (primary N) is 1. The van der Waals surface area contributed by atoms with Gasteiger partial charge in [-0.25, -0.2) is 4.98 Å². The lowest BCUT2D eigenvalue weighted by Gasteiger charge is -2.10. The van der Waals surface area contributed by atoms with Gasteiger partial charge in [0, 0.05) is 30.9 Å². The topological polar surface area (TPSA) is 77.2 Å². The van der Waals surface area contributed by atoms with Crippen LogP contribution in [0.3, 0.4) is 0 Å². The number of benzene rings is 1. The summed E-state index contributed by atoms with van der Waals surface area (Å²) in [6.07, 6.45) is -2.32. The molecule has 2 aromatic rings. The van der Waals surface area contributed by atoms with Gasteiger partial charge in [0.2, 0.25) is 11.8 Å². The van der Waals surface area contributed by atoms with Crippen LogP contribution in [0, 0.1) is 0 Å². The summed E-state index contributed by atoms with van der Waals surface area (Å²) in [5.41, 5.74) is 7.94. The number of hydrogen-bond donors (Lipinski definition) is 2. The molecule has 0 radical (unpaired) electrons.